The fourth-order valence-electron chi connectivity index (χ4n) is 1.26. The first kappa shape index (κ1) is 13.5. The summed E-state index contributed by atoms with van der Waals surface area (Å²) >= 11 is 1.65. The SMILES string of the molecule is Cc1nc(C)c(CNCCOCC(F)F)s1. The fourth-order valence-corrected chi connectivity index (χ4v) is 2.16. The standard InChI is InChI=1S/C10H16F2N2OS/c1-7-9(16-8(2)14-7)5-13-3-4-15-6-10(11)12/h10,13H,3-6H2,1-2H3. The molecular weight excluding hydrogens is 234 g/mol. The summed E-state index contributed by atoms with van der Waals surface area (Å²) in [6, 6.07) is 0. The third kappa shape index (κ3) is 4.96. The molecule has 6 heteroatoms. The number of alkyl halides is 2. The number of nitrogens with one attached hydrogen (secondary N) is 1. The van der Waals surface area contributed by atoms with Crippen molar-refractivity contribution in [2.24, 2.45) is 0 Å². The maximum atomic E-state index is 11.7. The molecule has 3 nitrogen and oxygen atoms in total. The van der Waals surface area contributed by atoms with E-state index in [9.17, 15) is 8.78 Å². The zero-order valence-electron chi connectivity index (χ0n) is 9.43. The van der Waals surface area contributed by atoms with Gasteiger partial charge in [-0.15, -0.1) is 11.3 Å². The van der Waals surface area contributed by atoms with E-state index in [1.165, 1.54) is 4.88 Å². The van der Waals surface area contributed by atoms with Crippen molar-refractivity contribution in [2.45, 2.75) is 26.8 Å². The van der Waals surface area contributed by atoms with Crippen molar-refractivity contribution >= 4 is 11.3 Å². The highest BCUT2D eigenvalue weighted by atomic mass is 32.1. The van der Waals surface area contributed by atoms with Crippen LogP contribution in [0.4, 0.5) is 8.78 Å². The van der Waals surface area contributed by atoms with Gasteiger partial charge in [-0.05, 0) is 13.8 Å². The van der Waals surface area contributed by atoms with E-state index in [1.807, 2.05) is 13.8 Å². The van der Waals surface area contributed by atoms with Gasteiger partial charge in [0.15, 0.2) is 0 Å². The molecule has 16 heavy (non-hydrogen) atoms. The number of aromatic nitrogens is 1. The van der Waals surface area contributed by atoms with Gasteiger partial charge in [0.05, 0.1) is 17.3 Å². The predicted octanol–water partition coefficient (Wildman–Crippen LogP) is 2.13. The molecule has 0 atom stereocenters. The molecule has 1 aromatic heterocycles. The quantitative estimate of drug-likeness (QED) is 0.753. The lowest BCUT2D eigenvalue weighted by Gasteiger charge is -2.04. The van der Waals surface area contributed by atoms with Crippen molar-refractivity contribution in [2.75, 3.05) is 19.8 Å². The Kier molecular flexibility index (Phi) is 5.79. The van der Waals surface area contributed by atoms with Crippen molar-refractivity contribution in [3.63, 3.8) is 0 Å². The molecule has 0 aromatic carbocycles. The highest BCUT2D eigenvalue weighted by Gasteiger charge is 2.04. The third-order valence-electron chi connectivity index (χ3n) is 1.95. The minimum Gasteiger partial charge on any atom is -0.374 e. The minimum atomic E-state index is -2.38. The van der Waals surface area contributed by atoms with Crippen LogP contribution in [0.2, 0.25) is 0 Å². The molecule has 0 saturated heterocycles. The van der Waals surface area contributed by atoms with Crippen LogP contribution in [0.5, 0.6) is 0 Å². The number of thiazole rings is 1. The lowest BCUT2D eigenvalue weighted by atomic mass is 10.4. The van der Waals surface area contributed by atoms with Crippen molar-refractivity contribution in [1.29, 1.82) is 0 Å². The first-order valence-electron chi connectivity index (χ1n) is 5.09. The Bertz CT molecular complexity index is 318. The first-order chi connectivity index (χ1) is 7.59. The van der Waals surface area contributed by atoms with Crippen LogP contribution in [-0.4, -0.2) is 31.2 Å². The maximum Gasteiger partial charge on any atom is 0.261 e. The first-order valence-corrected chi connectivity index (χ1v) is 5.90. The van der Waals surface area contributed by atoms with Crippen molar-refractivity contribution in [3.8, 4) is 0 Å². The Labute approximate surface area is 97.8 Å². The van der Waals surface area contributed by atoms with Crippen LogP contribution in [-0.2, 0) is 11.3 Å². The Balaban J connectivity index is 2.09. The smallest absolute Gasteiger partial charge is 0.261 e. The molecule has 0 amide bonds. The van der Waals surface area contributed by atoms with Gasteiger partial charge in [0.2, 0.25) is 0 Å². The molecule has 0 aliphatic carbocycles. The van der Waals surface area contributed by atoms with Crippen LogP contribution in [0.25, 0.3) is 0 Å². The average molecular weight is 250 g/mol. The van der Waals surface area contributed by atoms with Gasteiger partial charge in [-0.1, -0.05) is 0 Å². The largest absolute Gasteiger partial charge is 0.374 e. The van der Waals surface area contributed by atoms with Crippen molar-refractivity contribution < 1.29 is 13.5 Å². The molecule has 1 aromatic rings. The lowest BCUT2D eigenvalue weighted by molar-refractivity contribution is 0.0187. The Hall–Kier alpha value is -0.590. The summed E-state index contributed by atoms with van der Waals surface area (Å²) in [6.07, 6.45) is -2.38. The minimum absolute atomic E-state index is 0.307. The summed E-state index contributed by atoms with van der Waals surface area (Å²) in [7, 11) is 0. The van der Waals surface area contributed by atoms with Gasteiger partial charge in [-0.25, -0.2) is 13.8 Å². The van der Waals surface area contributed by atoms with Crippen LogP contribution >= 0.6 is 11.3 Å². The summed E-state index contributed by atoms with van der Waals surface area (Å²) < 4.78 is 28.2. The van der Waals surface area contributed by atoms with E-state index >= 15 is 0 Å². The monoisotopic (exact) mass is 250 g/mol. The van der Waals surface area contributed by atoms with Gasteiger partial charge in [0.25, 0.3) is 6.43 Å². The van der Waals surface area contributed by atoms with E-state index in [1.54, 1.807) is 11.3 Å². The Morgan fingerprint density at radius 2 is 2.19 bits per heavy atom. The van der Waals surface area contributed by atoms with Crippen LogP contribution in [0.3, 0.4) is 0 Å². The molecule has 0 spiro atoms. The summed E-state index contributed by atoms with van der Waals surface area (Å²) in [5, 5.41) is 4.17. The summed E-state index contributed by atoms with van der Waals surface area (Å²) in [5.74, 6) is 0. The number of hydrogen-bond donors (Lipinski definition) is 1. The number of ether oxygens (including phenoxy) is 1. The molecule has 0 radical (unpaired) electrons. The molecule has 0 saturated carbocycles. The van der Waals surface area contributed by atoms with Gasteiger partial charge < -0.3 is 10.1 Å². The van der Waals surface area contributed by atoms with Gasteiger partial charge in [-0.2, -0.15) is 0 Å². The van der Waals surface area contributed by atoms with Gasteiger partial charge >= 0.3 is 0 Å². The van der Waals surface area contributed by atoms with Crippen LogP contribution < -0.4 is 5.32 Å². The molecule has 1 rings (SSSR count). The van der Waals surface area contributed by atoms with Crippen molar-refractivity contribution in [1.82, 2.24) is 10.3 Å². The van der Waals surface area contributed by atoms with Crippen LogP contribution in [0.15, 0.2) is 0 Å². The maximum absolute atomic E-state index is 11.7. The highest BCUT2D eigenvalue weighted by molar-refractivity contribution is 7.11. The molecule has 92 valence electrons. The van der Waals surface area contributed by atoms with Gasteiger partial charge in [-0.3, -0.25) is 0 Å². The van der Waals surface area contributed by atoms with E-state index in [0.29, 0.717) is 13.2 Å². The second kappa shape index (κ2) is 6.88. The number of rotatable bonds is 7. The number of hydrogen-bond acceptors (Lipinski definition) is 4. The van der Waals surface area contributed by atoms with E-state index in [2.05, 4.69) is 10.3 Å². The number of halogens is 2. The van der Waals surface area contributed by atoms with Gasteiger partial charge in [0.1, 0.15) is 6.61 Å². The number of aryl methyl sites for hydroxylation is 2. The molecule has 0 aliphatic heterocycles. The normalized spacial score (nSPS) is 11.3. The van der Waals surface area contributed by atoms with Crippen molar-refractivity contribution in [3.05, 3.63) is 15.6 Å². The van der Waals surface area contributed by atoms with E-state index < -0.39 is 13.0 Å². The molecule has 0 unspecified atom stereocenters. The second-order valence-electron chi connectivity index (χ2n) is 3.38. The molecule has 0 fully saturated rings. The Morgan fingerprint density at radius 3 is 2.75 bits per heavy atom. The molecular formula is C10H16F2N2OS. The topological polar surface area (TPSA) is 34.2 Å². The lowest BCUT2D eigenvalue weighted by Crippen LogP contribution is -2.20. The molecule has 0 aliphatic rings. The second-order valence-corrected chi connectivity index (χ2v) is 4.67. The predicted molar refractivity (Wildman–Crippen MR) is 60.1 cm³/mol. The van der Waals surface area contributed by atoms with E-state index in [-0.39, 0.29) is 0 Å². The van der Waals surface area contributed by atoms with E-state index in [0.717, 1.165) is 17.2 Å². The van der Waals surface area contributed by atoms with Crippen LogP contribution in [0.1, 0.15) is 15.6 Å². The van der Waals surface area contributed by atoms with E-state index in [4.69, 9.17) is 4.74 Å². The summed E-state index contributed by atoms with van der Waals surface area (Å²) in [4.78, 5) is 5.48. The zero-order valence-corrected chi connectivity index (χ0v) is 10.2. The summed E-state index contributed by atoms with van der Waals surface area (Å²) in [6.45, 7) is 5.04. The van der Waals surface area contributed by atoms with Crippen LogP contribution in [0, 0.1) is 13.8 Å². The molecule has 1 N–H and O–H groups in total. The average Bonchev–Trinajstić information content (AvgIpc) is 2.50. The molecule has 1 heterocycles. The summed E-state index contributed by atoms with van der Waals surface area (Å²) in [5.41, 5.74) is 1.03. The third-order valence-corrected chi connectivity index (χ3v) is 3.03. The Morgan fingerprint density at radius 1 is 1.44 bits per heavy atom. The zero-order chi connectivity index (χ0) is 12.0. The van der Waals surface area contributed by atoms with Gasteiger partial charge in [0, 0.05) is 18.0 Å². The highest BCUT2D eigenvalue weighted by Crippen LogP contribution is 2.16. The molecule has 0 bridgehead atoms. The fraction of sp³-hybridized carbons (Fsp3) is 0.700. The number of nitrogens with zero attached hydrogens (tertiary/aromatic N) is 1.